The lowest BCUT2D eigenvalue weighted by Crippen LogP contribution is -2.01. The van der Waals surface area contributed by atoms with E-state index >= 15 is 0 Å². The maximum Gasteiger partial charge on any atom is 0.148 e. The molecule has 14 heavy (non-hydrogen) atoms. The highest BCUT2D eigenvalue weighted by atomic mass is 32.9. The maximum atomic E-state index is 5.65. The van der Waals surface area contributed by atoms with Crippen molar-refractivity contribution in [3.8, 4) is 5.75 Å². The summed E-state index contributed by atoms with van der Waals surface area (Å²) in [5.74, 6) is 1.88. The lowest BCUT2D eigenvalue weighted by Gasteiger charge is -2.13. The third-order valence-electron chi connectivity index (χ3n) is 1.99. The molecule has 0 saturated carbocycles. The van der Waals surface area contributed by atoms with Crippen molar-refractivity contribution in [1.29, 1.82) is 0 Å². The van der Waals surface area contributed by atoms with Gasteiger partial charge in [0.15, 0.2) is 0 Å². The van der Waals surface area contributed by atoms with Crippen LogP contribution in [0.2, 0.25) is 0 Å². The number of rotatable bonds is 2. The molecule has 1 aliphatic rings. The second kappa shape index (κ2) is 4.23. The van der Waals surface area contributed by atoms with E-state index in [-0.39, 0.29) is 0 Å². The van der Waals surface area contributed by atoms with Gasteiger partial charge in [-0.05, 0) is 24.3 Å². The molecule has 1 aliphatic heterocycles. The van der Waals surface area contributed by atoms with Gasteiger partial charge >= 0.3 is 0 Å². The lowest BCUT2D eigenvalue weighted by molar-refractivity contribution is 0.402. The average Bonchev–Trinajstić information content (AvgIpc) is 2.67. The van der Waals surface area contributed by atoms with Gasteiger partial charge in [0.25, 0.3) is 0 Å². The number of benzene rings is 1. The molecule has 0 N–H and O–H groups in total. The molecular formula is C9H11O2PS2. The third-order valence-corrected chi connectivity index (χ3v) is 8.55. The largest absolute Gasteiger partial charge is 0.497 e. The second-order valence-corrected chi connectivity index (χ2v) is 9.85. The van der Waals surface area contributed by atoms with Crippen LogP contribution in [-0.2, 0) is 16.3 Å². The Morgan fingerprint density at radius 2 is 2.14 bits per heavy atom. The normalized spacial score (nSPS) is 26.4. The first-order valence-electron chi connectivity index (χ1n) is 4.28. The van der Waals surface area contributed by atoms with E-state index in [4.69, 9.17) is 21.1 Å². The summed E-state index contributed by atoms with van der Waals surface area (Å²) in [6.07, 6.45) is 0. The molecular weight excluding hydrogens is 235 g/mol. The summed E-state index contributed by atoms with van der Waals surface area (Å²) in [7, 11) is 1.66. The van der Waals surface area contributed by atoms with E-state index in [1.165, 1.54) is 0 Å². The minimum atomic E-state index is -1.76. The summed E-state index contributed by atoms with van der Waals surface area (Å²) in [6.45, 7) is 0.786. The van der Waals surface area contributed by atoms with E-state index in [0.29, 0.717) is 0 Å². The summed E-state index contributed by atoms with van der Waals surface area (Å²) in [6, 6.07) is 7.90. The van der Waals surface area contributed by atoms with Gasteiger partial charge < -0.3 is 9.26 Å². The molecule has 1 fully saturated rings. The van der Waals surface area contributed by atoms with Crippen LogP contribution < -0.4 is 10.0 Å². The topological polar surface area (TPSA) is 18.5 Å². The summed E-state index contributed by atoms with van der Waals surface area (Å²) in [5.41, 5.74) is -1.76. The van der Waals surface area contributed by atoms with E-state index in [2.05, 4.69) is 0 Å². The predicted molar refractivity (Wildman–Crippen MR) is 65.3 cm³/mol. The van der Waals surface area contributed by atoms with Gasteiger partial charge in [-0.15, -0.1) is 0 Å². The number of methoxy groups -OCH3 is 1. The van der Waals surface area contributed by atoms with Crippen molar-refractivity contribution in [2.24, 2.45) is 0 Å². The van der Waals surface area contributed by atoms with Crippen molar-refractivity contribution in [3.63, 3.8) is 0 Å². The Labute approximate surface area is 92.8 Å². The van der Waals surface area contributed by atoms with Crippen LogP contribution in [-0.4, -0.2) is 19.5 Å². The fourth-order valence-corrected chi connectivity index (χ4v) is 6.47. The molecule has 2 rings (SSSR count). The van der Waals surface area contributed by atoms with Gasteiger partial charge in [0, 0.05) is 11.1 Å². The molecule has 1 heterocycles. The van der Waals surface area contributed by atoms with Crippen LogP contribution >= 0.6 is 16.8 Å². The molecule has 1 saturated heterocycles. The fourth-order valence-electron chi connectivity index (χ4n) is 1.27. The van der Waals surface area contributed by atoms with Gasteiger partial charge in [0.2, 0.25) is 0 Å². The monoisotopic (exact) mass is 246 g/mol. The van der Waals surface area contributed by atoms with Crippen molar-refractivity contribution in [1.82, 2.24) is 0 Å². The van der Waals surface area contributed by atoms with Crippen LogP contribution in [0.15, 0.2) is 24.3 Å². The Morgan fingerprint density at radius 3 is 2.64 bits per heavy atom. The number of hydrogen-bond donors (Lipinski definition) is 0. The molecule has 1 atom stereocenters. The Bertz CT molecular complexity index is 354. The SMILES string of the molecule is COc1ccc(P2(=S)OCCS2)cc1. The minimum absolute atomic E-state index is 0.786. The molecule has 0 aromatic heterocycles. The van der Waals surface area contributed by atoms with E-state index < -0.39 is 5.47 Å². The van der Waals surface area contributed by atoms with E-state index in [0.717, 1.165) is 23.4 Å². The van der Waals surface area contributed by atoms with Crippen molar-refractivity contribution >= 4 is 34.0 Å². The Balaban J connectivity index is 2.28. The van der Waals surface area contributed by atoms with Gasteiger partial charge in [-0.2, -0.15) is 0 Å². The highest BCUT2D eigenvalue weighted by Gasteiger charge is 2.26. The molecule has 1 unspecified atom stereocenters. The van der Waals surface area contributed by atoms with Gasteiger partial charge in [-0.25, -0.2) is 0 Å². The standard InChI is InChI=1S/C9H11O2PS2/c1-10-8-2-4-9(5-3-8)12(13)11-6-7-14-12/h2-5H,6-7H2,1H3. The third kappa shape index (κ3) is 1.98. The molecule has 1 aromatic carbocycles. The first-order valence-corrected chi connectivity index (χ1v) is 8.59. The molecule has 76 valence electrons. The fraction of sp³-hybridized carbons (Fsp3) is 0.333. The van der Waals surface area contributed by atoms with Gasteiger partial charge in [-0.1, -0.05) is 23.2 Å². The molecule has 0 radical (unpaired) electrons. The minimum Gasteiger partial charge on any atom is -0.497 e. The molecule has 2 nitrogen and oxygen atoms in total. The van der Waals surface area contributed by atoms with E-state index in [9.17, 15) is 0 Å². The predicted octanol–water partition coefficient (Wildman–Crippen LogP) is 2.39. The molecule has 0 amide bonds. The van der Waals surface area contributed by atoms with Crippen LogP contribution in [0.3, 0.4) is 0 Å². The van der Waals surface area contributed by atoms with Gasteiger partial charge in [0.05, 0.1) is 13.7 Å². The van der Waals surface area contributed by atoms with Crippen molar-refractivity contribution in [3.05, 3.63) is 24.3 Å². The molecule has 0 bridgehead atoms. The van der Waals surface area contributed by atoms with Crippen LogP contribution in [0.25, 0.3) is 0 Å². The molecule has 5 heteroatoms. The first kappa shape index (κ1) is 10.5. The molecule has 1 aromatic rings. The molecule has 0 spiro atoms. The second-order valence-electron chi connectivity index (χ2n) is 2.86. The van der Waals surface area contributed by atoms with E-state index in [1.54, 1.807) is 18.5 Å². The highest BCUT2D eigenvalue weighted by Crippen LogP contribution is 2.62. The smallest absolute Gasteiger partial charge is 0.148 e. The zero-order valence-corrected chi connectivity index (χ0v) is 10.3. The number of ether oxygens (including phenoxy) is 1. The highest BCUT2D eigenvalue weighted by molar-refractivity contribution is 8.71. The quantitative estimate of drug-likeness (QED) is 0.745. The summed E-state index contributed by atoms with van der Waals surface area (Å²) in [5, 5.41) is 1.14. The van der Waals surface area contributed by atoms with Crippen LogP contribution in [0.5, 0.6) is 5.75 Å². The Kier molecular flexibility index (Phi) is 3.17. The summed E-state index contributed by atoms with van der Waals surface area (Å²) < 4.78 is 10.7. The first-order chi connectivity index (χ1) is 6.74. The lowest BCUT2D eigenvalue weighted by atomic mass is 10.3. The van der Waals surface area contributed by atoms with Crippen LogP contribution in [0, 0.1) is 0 Å². The van der Waals surface area contributed by atoms with Crippen LogP contribution in [0.1, 0.15) is 0 Å². The molecule has 0 aliphatic carbocycles. The Hall–Kier alpha value is -0.0200. The Morgan fingerprint density at radius 1 is 1.43 bits per heavy atom. The van der Waals surface area contributed by atoms with Gasteiger partial charge in [-0.3, -0.25) is 0 Å². The van der Waals surface area contributed by atoms with Crippen molar-refractivity contribution in [2.45, 2.75) is 0 Å². The zero-order valence-electron chi connectivity index (χ0n) is 7.80. The van der Waals surface area contributed by atoms with Crippen molar-refractivity contribution < 1.29 is 9.26 Å². The summed E-state index contributed by atoms with van der Waals surface area (Å²) >= 11 is 7.30. The van der Waals surface area contributed by atoms with Gasteiger partial charge in [0.1, 0.15) is 11.2 Å². The summed E-state index contributed by atoms with van der Waals surface area (Å²) in [4.78, 5) is 0. The van der Waals surface area contributed by atoms with E-state index in [1.807, 2.05) is 24.3 Å². The zero-order chi connectivity index (χ0) is 10.0. The maximum absolute atomic E-state index is 5.65. The van der Waals surface area contributed by atoms with Crippen molar-refractivity contribution in [2.75, 3.05) is 19.5 Å². The number of hydrogen-bond acceptors (Lipinski definition) is 4. The van der Waals surface area contributed by atoms with Crippen LogP contribution in [0.4, 0.5) is 0 Å². The average molecular weight is 246 g/mol.